The van der Waals surface area contributed by atoms with E-state index < -0.39 is 29.2 Å². The Labute approximate surface area is 286 Å². The number of benzene rings is 3. The van der Waals surface area contributed by atoms with Crippen LogP contribution in [0, 0.1) is 0 Å². The molecule has 0 aliphatic heterocycles. The second kappa shape index (κ2) is 25.9. The molecule has 0 amide bonds. The van der Waals surface area contributed by atoms with Crippen LogP contribution in [0.5, 0.6) is 17.2 Å². The number of phenols is 3. The van der Waals surface area contributed by atoms with Gasteiger partial charge in [-0.05, 0) is 42.8 Å². The predicted molar refractivity (Wildman–Crippen MR) is 182 cm³/mol. The quantitative estimate of drug-likeness (QED) is 0.0484. The molecule has 12 nitrogen and oxygen atoms in total. The lowest BCUT2D eigenvalue weighted by Crippen LogP contribution is -2.14. The highest BCUT2D eigenvalue weighted by molar-refractivity contribution is 5.90. The van der Waals surface area contributed by atoms with Crippen LogP contribution in [0.15, 0.2) is 72.8 Å². The van der Waals surface area contributed by atoms with Gasteiger partial charge in [-0.25, -0.2) is 14.4 Å². The zero-order valence-electron chi connectivity index (χ0n) is 27.9. The van der Waals surface area contributed by atoms with Gasteiger partial charge in [0.15, 0.2) is 17.2 Å². The molecule has 0 radical (unpaired) electrons. The molecule has 0 aliphatic rings. The number of carboxylic acid groups (broad SMARTS) is 2. The van der Waals surface area contributed by atoms with Gasteiger partial charge in [-0.1, -0.05) is 94.7 Å². The first kappa shape index (κ1) is 41.9. The number of aromatic hydroxyl groups is 3. The van der Waals surface area contributed by atoms with E-state index in [-0.39, 0.29) is 43.9 Å². The average molecular weight is 685 g/mol. The molecular weight excluding hydrogens is 636 g/mol. The average Bonchev–Trinajstić information content (AvgIpc) is 3.10. The minimum Gasteiger partial charge on any atom is -0.504 e. The maximum Gasteiger partial charge on any atom is 0.338 e. The van der Waals surface area contributed by atoms with Gasteiger partial charge in [0.2, 0.25) is 0 Å². The third-order valence-corrected chi connectivity index (χ3v) is 6.75. The van der Waals surface area contributed by atoms with Crippen LogP contribution >= 0.6 is 0 Å². The molecule has 0 heterocycles. The van der Waals surface area contributed by atoms with E-state index in [9.17, 15) is 19.2 Å². The number of unbranched alkanes of at least 4 members (excludes halogenated alkanes) is 8. The summed E-state index contributed by atoms with van der Waals surface area (Å²) in [5.41, 5.74) is 0.719. The molecule has 0 unspecified atom stereocenters. The van der Waals surface area contributed by atoms with Crippen molar-refractivity contribution in [3.63, 3.8) is 0 Å². The monoisotopic (exact) mass is 684 g/mol. The van der Waals surface area contributed by atoms with Crippen molar-refractivity contribution in [3.05, 3.63) is 89.5 Å². The lowest BCUT2D eigenvalue weighted by Gasteiger charge is -2.07. The van der Waals surface area contributed by atoms with Crippen molar-refractivity contribution in [2.45, 2.75) is 71.1 Å². The second-order valence-electron chi connectivity index (χ2n) is 10.8. The Bertz CT molecular complexity index is 1300. The molecule has 0 spiro atoms. The van der Waals surface area contributed by atoms with Gasteiger partial charge < -0.3 is 39.7 Å². The lowest BCUT2D eigenvalue weighted by atomic mass is 10.1. The smallest absolute Gasteiger partial charge is 0.338 e. The lowest BCUT2D eigenvalue weighted by molar-refractivity contribution is -0.137. The minimum absolute atomic E-state index is 0.153. The van der Waals surface area contributed by atoms with E-state index >= 15 is 0 Å². The molecule has 268 valence electrons. The number of carbonyl (C=O) groups excluding carboxylic acids is 2. The summed E-state index contributed by atoms with van der Waals surface area (Å²) in [6, 6.07) is 19.2. The number of hydrogen-bond donors (Lipinski definition) is 5. The van der Waals surface area contributed by atoms with Crippen molar-refractivity contribution in [2.24, 2.45) is 0 Å². The van der Waals surface area contributed by atoms with E-state index in [0.717, 1.165) is 25.0 Å². The fourth-order valence-corrected chi connectivity index (χ4v) is 4.12. The highest BCUT2D eigenvalue weighted by atomic mass is 16.6. The van der Waals surface area contributed by atoms with E-state index in [1.807, 2.05) is 12.1 Å². The van der Waals surface area contributed by atoms with Crippen LogP contribution in [0.3, 0.4) is 0 Å². The number of aliphatic carboxylic acids is 1. The summed E-state index contributed by atoms with van der Waals surface area (Å²) < 4.78 is 15.4. The predicted octanol–water partition coefficient (Wildman–Crippen LogP) is 7.21. The highest BCUT2D eigenvalue weighted by Crippen LogP contribution is 2.35. The van der Waals surface area contributed by atoms with Crippen LogP contribution in [0.1, 0.15) is 102 Å². The fourth-order valence-electron chi connectivity index (χ4n) is 4.12. The number of phenolic OH excluding ortho intramolecular Hbond substituents is 3. The molecule has 12 heteroatoms. The number of esters is 2. The molecule has 0 atom stereocenters. The number of ether oxygens (including phenoxy) is 3. The molecule has 0 aliphatic carbocycles. The van der Waals surface area contributed by atoms with Crippen molar-refractivity contribution < 1.29 is 58.9 Å². The fraction of sp³-hybridized carbons (Fsp3) is 0.405. The van der Waals surface area contributed by atoms with Gasteiger partial charge in [-0.15, -0.1) is 0 Å². The van der Waals surface area contributed by atoms with Gasteiger partial charge in [0.1, 0.15) is 13.2 Å². The van der Waals surface area contributed by atoms with Crippen molar-refractivity contribution in [1.82, 2.24) is 0 Å². The molecule has 0 aromatic heterocycles. The largest absolute Gasteiger partial charge is 0.504 e. The number of carbonyl (C=O) groups is 4. The summed E-state index contributed by atoms with van der Waals surface area (Å²) in [5, 5.41) is 43.4. The molecular formula is C37H48O12. The van der Waals surface area contributed by atoms with Crippen molar-refractivity contribution in [1.29, 1.82) is 0 Å². The first-order chi connectivity index (χ1) is 23.6. The molecule has 5 N–H and O–H groups in total. The van der Waals surface area contributed by atoms with Gasteiger partial charge in [0, 0.05) is 6.42 Å². The third kappa shape index (κ3) is 20.0. The van der Waals surface area contributed by atoms with Crippen LogP contribution in [0.4, 0.5) is 0 Å². The van der Waals surface area contributed by atoms with Crippen LogP contribution in [0.2, 0.25) is 0 Å². The minimum atomic E-state index is -1.29. The molecule has 0 saturated carbocycles. The van der Waals surface area contributed by atoms with Crippen LogP contribution in [-0.4, -0.2) is 75.8 Å². The Morgan fingerprint density at radius 3 is 1.35 bits per heavy atom. The van der Waals surface area contributed by atoms with Crippen molar-refractivity contribution in [3.8, 4) is 17.2 Å². The first-order valence-corrected chi connectivity index (χ1v) is 16.3. The molecule has 0 fully saturated rings. The third-order valence-electron chi connectivity index (χ3n) is 6.75. The Morgan fingerprint density at radius 2 is 0.959 bits per heavy atom. The Kier molecular flexibility index (Phi) is 22.2. The number of aromatic carboxylic acids is 1. The van der Waals surface area contributed by atoms with E-state index in [4.69, 9.17) is 39.7 Å². The van der Waals surface area contributed by atoms with Gasteiger partial charge in [-0.2, -0.15) is 0 Å². The van der Waals surface area contributed by atoms with Crippen molar-refractivity contribution >= 4 is 23.9 Å². The molecule has 0 saturated heterocycles. The van der Waals surface area contributed by atoms with Gasteiger partial charge in [0.25, 0.3) is 0 Å². The number of carboxylic acids is 2. The van der Waals surface area contributed by atoms with E-state index in [1.54, 1.807) is 48.5 Å². The molecule has 49 heavy (non-hydrogen) atoms. The molecule has 3 aromatic rings. The van der Waals surface area contributed by atoms with E-state index in [0.29, 0.717) is 17.5 Å². The molecule has 3 aromatic carbocycles. The maximum atomic E-state index is 11.6. The number of hydrogen-bond acceptors (Lipinski definition) is 10. The topological polar surface area (TPSA) is 197 Å². The number of rotatable bonds is 19. The van der Waals surface area contributed by atoms with Crippen LogP contribution < -0.4 is 0 Å². The summed E-state index contributed by atoms with van der Waals surface area (Å²) >= 11 is 0. The summed E-state index contributed by atoms with van der Waals surface area (Å²) in [5.74, 6) is -4.76. The Hall–Kier alpha value is -5.10. The molecule has 3 rings (SSSR count). The summed E-state index contributed by atoms with van der Waals surface area (Å²) in [6.45, 7) is 3.04. The van der Waals surface area contributed by atoms with Gasteiger partial charge >= 0.3 is 23.9 Å². The zero-order chi connectivity index (χ0) is 36.3. The molecule has 0 bridgehead atoms. The summed E-state index contributed by atoms with van der Waals surface area (Å²) in [7, 11) is 0. The van der Waals surface area contributed by atoms with E-state index in [2.05, 4.69) is 6.92 Å². The maximum absolute atomic E-state index is 11.6. The first-order valence-electron chi connectivity index (χ1n) is 16.3. The summed E-state index contributed by atoms with van der Waals surface area (Å²) in [6.07, 6.45) is 11.5. The Morgan fingerprint density at radius 1 is 0.551 bits per heavy atom. The second-order valence-corrected chi connectivity index (χ2v) is 10.8. The highest BCUT2D eigenvalue weighted by Gasteiger charge is 2.12. The van der Waals surface area contributed by atoms with Gasteiger partial charge in [0.05, 0.1) is 29.9 Å². The van der Waals surface area contributed by atoms with Gasteiger partial charge in [-0.3, -0.25) is 4.79 Å². The van der Waals surface area contributed by atoms with E-state index in [1.165, 1.54) is 44.9 Å². The SMILES string of the molecule is CCCCCCCCCCCC(=O)O.O=C(O)c1cc(O)c(O)c(O)c1.O=C(OCCOCCOC(=O)c1ccccc1)c1ccccc1. The van der Waals surface area contributed by atoms with Crippen molar-refractivity contribution in [2.75, 3.05) is 26.4 Å². The van der Waals surface area contributed by atoms with Crippen LogP contribution in [-0.2, 0) is 19.0 Å². The normalized spacial score (nSPS) is 10.1. The standard InChI is InChI=1S/C18H18O5.C12H24O2.C7H6O5/c19-17(15-7-3-1-4-8-15)22-13-11-21-12-14-23-18(20)16-9-5-2-6-10-16;1-2-3-4-5-6-7-8-9-10-11-12(13)14;8-4-1-3(7(11)12)2-5(9)6(4)10/h1-10H,11-14H2;2-11H2,1H3,(H,13,14);1-2,8-10H,(H,11,12). The summed E-state index contributed by atoms with van der Waals surface area (Å²) in [4.78, 5) is 43.8. The van der Waals surface area contributed by atoms with Crippen LogP contribution in [0.25, 0.3) is 0 Å². The zero-order valence-corrected chi connectivity index (χ0v) is 27.9. The Balaban J connectivity index is 0.000000397.